The Kier molecular flexibility index (Phi) is 4.67. The van der Waals surface area contributed by atoms with E-state index in [1.807, 2.05) is 0 Å². The minimum Gasteiger partial charge on any atom is -0.352 e. The summed E-state index contributed by atoms with van der Waals surface area (Å²) in [4.78, 5) is 11.8. The van der Waals surface area contributed by atoms with Crippen LogP contribution in [0.25, 0.3) is 0 Å². The van der Waals surface area contributed by atoms with Crippen molar-refractivity contribution in [3.8, 4) is 0 Å². The van der Waals surface area contributed by atoms with Gasteiger partial charge >= 0.3 is 0 Å². The molecule has 0 spiro atoms. The number of hydrogen-bond acceptors (Lipinski definition) is 3. The second-order valence-electron chi connectivity index (χ2n) is 5.06. The summed E-state index contributed by atoms with van der Waals surface area (Å²) in [5.74, 6) is 0.367. The van der Waals surface area contributed by atoms with Gasteiger partial charge in [0.1, 0.15) is 0 Å². The third-order valence-corrected chi connectivity index (χ3v) is 4.64. The average molecular weight is 317 g/mol. The molecule has 1 fully saturated rings. The number of hydrogen-bond donors (Lipinski definition) is 2. The fraction of sp³-hybridized carbons (Fsp3) is 0.462. The second-order valence-corrected chi connectivity index (χ2v) is 7.06. The fourth-order valence-corrected chi connectivity index (χ4v) is 3.01. The van der Waals surface area contributed by atoms with Crippen molar-refractivity contribution in [1.29, 1.82) is 0 Å². The molecule has 3 N–H and O–H groups in total. The molecular formula is C13H17ClN2O3S. The molecule has 0 radical (unpaired) electrons. The summed E-state index contributed by atoms with van der Waals surface area (Å²) in [6.07, 6.45) is 4.67. The third-order valence-electron chi connectivity index (χ3n) is 3.52. The Labute approximate surface area is 123 Å². The van der Waals surface area contributed by atoms with Gasteiger partial charge in [-0.15, -0.1) is 0 Å². The van der Waals surface area contributed by atoms with Crippen LogP contribution >= 0.6 is 11.6 Å². The van der Waals surface area contributed by atoms with Crippen LogP contribution in [-0.4, -0.2) is 20.9 Å². The monoisotopic (exact) mass is 316 g/mol. The van der Waals surface area contributed by atoms with Crippen molar-refractivity contribution in [3.05, 3.63) is 28.8 Å². The smallest absolute Gasteiger partial charge is 0.251 e. The molecule has 110 valence electrons. The molecule has 5 nitrogen and oxygen atoms in total. The fourth-order valence-electron chi connectivity index (χ4n) is 2.13. The molecule has 20 heavy (non-hydrogen) atoms. The third kappa shape index (κ3) is 3.94. The molecule has 7 heteroatoms. The van der Waals surface area contributed by atoms with Crippen molar-refractivity contribution in [2.24, 2.45) is 11.1 Å². The molecule has 1 aliphatic rings. The lowest BCUT2D eigenvalue weighted by atomic mass is 9.83. The molecule has 0 aliphatic heterocycles. The molecule has 0 heterocycles. The predicted molar refractivity (Wildman–Crippen MR) is 77.1 cm³/mol. The van der Waals surface area contributed by atoms with E-state index in [-0.39, 0.29) is 21.4 Å². The van der Waals surface area contributed by atoms with E-state index in [1.54, 1.807) is 0 Å². The van der Waals surface area contributed by atoms with Crippen LogP contribution in [0.15, 0.2) is 23.1 Å². The number of carbonyl (C=O) groups is 1. The van der Waals surface area contributed by atoms with Gasteiger partial charge in [0.05, 0.1) is 4.90 Å². The zero-order valence-corrected chi connectivity index (χ0v) is 12.5. The number of sulfonamides is 1. The molecule has 1 aliphatic carbocycles. The first-order valence-corrected chi connectivity index (χ1v) is 8.40. The number of amides is 1. The van der Waals surface area contributed by atoms with Crippen LogP contribution in [0.3, 0.4) is 0 Å². The average Bonchev–Trinajstić information content (AvgIpc) is 2.30. The van der Waals surface area contributed by atoms with Crippen molar-refractivity contribution in [2.75, 3.05) is 6.54 Å². The summed E-state index contributed by atoms with van der Waals surface area (Å²) in [7, 11) is -3.87. The Balaban J connectivity index is 2.03. The van der Waals surface area contributed by atoms with E-state index < -0.39 is 10.0 Å². The maximum Gasteiger partial charge on any atom is 0.251 e. The number of benzene rings is 1. The minimum absolute atomic E-state index is 0.158. The van der Waals surface area contributed by atoms with E-state index in [0.717, 1.165) is 6.42 Å². The Morgan fingerprint density at radius 3 is 2.60 bits per heavy atom. The van der Waals surface area contributed by atoms with Gasteiger partial charge in [-0.1, -0.05) is 30.9 Å². The number of primary sulfonamides is 1. The molecule has 1 aromatic rings. The zero-order chi connectivity index (χ0) is 14.8. The van der Waals surface area contributed by atoms with Gasteiger partial charge < -0.3 is 5.32 Å². The van der Waals surface area contributed by atoms with Gasteiger partial charge in [-0.2, -0.15) is 0 Å². The van der Waals surface area contributed by atoms with Gasteiger partial charge in [-0.25, -0.2) is 13.6 Å². The SMILES string of the molecule is NS(=O)(=O)c1cc(Cl)cc(C(=O)NCCC2CCC2)c1. The quantitative estimate of drug-likeness (QED) is 0.869. The topological polar surface area (TPSA) is 89.3 Å². The van der Waals surface area contributed by atoms with Crippen molar-refractivity contribution in [3.63, 3.8) is 0 Å². The van der Waals surface area contributed by atoms with Gasteiger partial charge in [-0.05, 0) is 30.5 Å². The Bertz CT molecular complexity index is 612. The highest BCUT2D eigenvalue weighted by Crippen LogP contribution is 2.28. The van der Waals surface area contributed by atoms with Crippen LogP contribution in [0.2, 0.25) is 5.02 Å². The van der Waals surface area contributed by atoms with E-state index in [9.17, 15) is 13.2 Å². The van der Waals surface area contributed by atoms with E-state index in [1.165, 1.54) is 37.5 Å². The van der Waals surface area contributed by atoms with Gasteiger partial charge in [0.15, 0.2) is 0 Å². The van der Waals surface area contributed by atoms with Crippen LogP contribution in [-0.2, 0) is 10.0 Å². The normalized spacial score (nSPS) is 15.7. The van der Waals surface area contributed by atoms with Gasteiger partial charge in [0.25, 0.3) is 5.91 Å². The van der Waals surface area contributed by atoms with Crippen LogP contribution in [0, 0.1) is 5.92 Å². The summed E-state index contributed by atoms with van der Waals surface area (Å²) >= 11 is 5.82. The molecule has 1 saturated carbocycles. The first-order valence-electron chi connectivity index (χ1n) is 6.48. The van der Waals surface area contributed by atoms with Crippen LogP contribution < -0.4 is 10.5 Å². The molecule has 1 aromatic carbocycles. The van der Waals surface area contributed by atoms with E-state index in [4.69, 9.17) is 16.7 Å². The standard InChI is InChI=1S/C13H17ClN2O3S/c14-11-6-10(7-12(8-11)20(15,18)19)13(17)16-5-4-9-2-1-3-9/h6-9H,1-5H2,(H,16,17)(H2,15,18,19). The Morgan fingerprint density at radius 1 is 1.35 bits per heavy atom. The molecule has 0 atom stereocenters. The molecular weight excluding hydrogens is 300 g/mol. The lowest BCUT2D eigenvalue weighted by Gasteiger charge is -2.25. The molecule has 2 rings (SSSR count). The van der Waals surface area contributed by atoms with Crippen molar-refractivity contribution in [2.45, 2.75) is 30.6 Å². The zero-order valence-electron chi connectivity index (χ0n) is 10.9. The predicted octanol–water partition coefficient (Wildman–Crippen LogP) is 1.91. The van der Waals surface area contributed by atoms with Crippen LogP contribution in [0.5, 0.6) is 0 Å². The molecule has 0 unspecified atom stereocenters. The Morgan fingerprint density at radius 2 is 2.05 bits per heavy atom. The van der Waals surface area contributed by atoms with Gasteiger partial charge in [-0.3, -0.25) is 4.79 Å². The summed E-state index contributed by atoms with van der Waals surface area (Å²) in [5, 5.41) is 7.98. The summed E-state index contributed by atoms with van der Waals surface area (Å²) < 4.78 is 22.6. The maximum atomic E-state index is 12.0. The highest BCUT2D eigenvalue weighted by molar-refractivity contribution is 7.89. The minimum atomic E-state index is -3.87. The summed E-state index contributed by atoms with van der Waals surface area (Å²) in [5.41, 5.74) is 0.204. The lowest BCUT2D eigenvalue weighted by Crippen LogP contribution is -2.27. The number of carbonyl (C=O) groups excluding carboxylic acids is 1. The van der Waals surface area contributed by atoms with Crippen molar-refractivity contribution >= 4 is 27.5 Å². The van der Waals surface area contributed by atoms with Crippen LogP contribution in [0.4, 0.5) is 0 Å². The van der Waals surface area contributed by atoms with Gasteiger partial charge in [0, 0.05) is 17.1 Å². The molecule has 0 bridgehead atoms. The number of nitrogens with one attached hydrogen (secondary N) is 1. The number of halogens is 1. The second kappa shape index (κ2) is 6.11. The number of nitrogens with two attached hydrogens (primary N) is 1. The van der Waals surface area contributed by atoms with Gasteiger partial charge in [0.2, 0.25) is 10.0 Å². The first kappa shape index (κ1) is 15.3. The first-order chi connectivity index (χ1) is 9.36. The van der Waals surface area contributed by atoms with E-state index in [0.29, 0.717) is 12.5 Å². The van der Waals surface area contributed by atoms with Crippen molar-refractivity contribution < 1.29 is 13.2 Å². The molecule has 0 aromatic heterocycles. The Hall–Kier alpha value is -1.11. The lowest BCUT2D eigenvalue weighted by molar-refractivity contribution is 0.0948. The maximum absolute atomic E-state index is 12.0. The summed E-state index contributed by atoms with van der Waals surface area (Å²) in [6.45, 7) is 0.584. The van der Waals surface area contributed by atoms with Crippen molar-refractivity contribution in [1.82, 2.24) is 5.32 Å². The van der Waals surface area contributed by atoms with Crippen LogP contribution in [0.1, 0.15) is 36.0 Å². The van der Waals surface area contributed by atoms with E-state index >= 15 is 0 Å². The highest BCUT2D eigenvalue weighted by Gasteiger charge is 2.18. The molecule has 1 amide bonds. The largest absolute Gasteiger partial charge is 0.352 e. The highest BCUT2D eigenvalue weighted by atomic mass is 35.5. The number of rotatable bonds is 5. The van der Waals surface area contributed by atoms with E-state index in [2.05, 4.69) is 5.32 Å². The summed E-state index contributed by atoms with van der Waals surface area (Å²) in [6, 6.07) is 3.89. The molecule has 0 saturated heterocycles.